The highest BCUT2D eigenvalue weighted by atomic mass is 16.3. The van der Waals surface area contributed by atoms with Gasteiger partial charge in [-0.25, -0.2) is 0 Å². The maximum atomic E-state index is 12.4. The molecule has 0 bridgehead atoms. The van der Waals surface area contributed by atoms with Crippen LogP contribution in [0, 0.1) is 32.6 Å². The molecule has 3 heteroatoms. The van der Waals surface area contributed by atoms with Gasteiger partial charge in [0.25, 0.3) is 5.91 Å². The molecule has 0 heterocycles. The van der Waals surface area contributed by atoms with Crippen molar-refractivity contribution < 1.29 is 9.90 Å². The van der Waals surface area contributed by atoms with Crippen LogP contribution in [0.2, 0.25) is 0 Å². The molecule has 0 spiro atoms. The number of carbonyl (C=O) groups excluding carboxylic acids is 1. The second-order valence-corrected chi connectivity index (χ2v) is 6.56. The van der Waals surface area contributed by atoms with Crippen molar-refractivity contribution in [1.29, 1.82) is 0 Å². The topological polar surface area (TPSA) is 49.3 Å². The SMILES string of the molecule is Cc1cc(C)c(C(=O)NC[C@H]2CCC[C@@H](CO)C2)c(C)c1. The van der Waals surface area contributed by atoms with Gasteiger partial charge in [0.2, 0.25) is 0 Å². The monoisotopic (exact) mass is 289 g/mol. The molecule has 2 atom stereocenters. The summed E-state index contributed by atoms with van der Waals surface area (Å²) in [4.78, 5) is 12.4. The standard InChI is InChI=1S/C18H27NO2/c1-12-7-13(2)17(14(3)8-12)18(21)19-10-15-5-4-6-16(9-15)11-20/h7-8,15-16,20H,4-6,9-11H2,1-3H3,(H,19,21)/t15-,16+/m0/s1. The van der Waals surface area contributed by atoms with Gasteiger partial charge in [-0.05, 0) is 63.0 Å². The fourth-order valence-electron chi connectivity index (χ4n) is 3.62. The first kappa shape index (κ1) is 16.0. The van der Waals surface area contributed by atoms with Crippen LogP contribution in [0.1, 0.15) is 52.7 Å². The number of hydrogen-bond acceptors (Lipinski definition) is 2. The fourth-order valence-corrected chi connectivity index (χ4v) is 3.62. The Balaban J connectivity index is 1.96. The van der Waals surface area contributed by atoms with Gasteiger partial charge in [-0.2, -0.15) is 0 Å². The van der Waals surface area contributed by atoms with Crippen LogP contribution in [0.5, 0.6) is 0 Å². The summed E-state index contributed by atoms with van der Waals surface area (Å²) in [5, 5.41) is 12.4. The molecule has 2 rings (SSSR count). The lowest BCUT2D eigenvalue weighted by molar-refractivity contribution is 0.0933. The first-order chi connectivity index (χ1) is 10.0. The molecule has 1 aliphatic rings. The smallest absolute Gasteiger partial charge is 0.251 e. The Kier molecular flexibility index (Phi) is 5.40. The van der Waals surface area contributed by atoms with Crippen molar-refractivity contribution in [3.63, 3.8) is 0 Å². The molecule has 2 N–H and O–H groups in total. The maximum absolute atomic E-state index is 12.4. The molecule has 1 fully saturated rings. The summed E-state index contributed by atoms with van der Waals surface area (Å²) in [6, 6.07) is 4.12. The Morgan fingerprint density at radius 3 is 2.43 bits per heavy atom. The number of amides is 1. The summed E-state index contributed by atoms with van der Waals surface area (Å²) in [5.74, 6) is 0.963. The number of carbonyl (C=O) groups is 1. The van der Waals surface area contributed by atoms with Gasteiger partial charge < -0.3 is 10.4 Å². The van der Waals surface area contributed by atoms with Crippen LogP contribution in [0.3, 0.4) is 0 Å². The molecule has 0 radical (unpaired) electrons. The molecular weight excluding hydrogens is 262 g/mol. The summed E-state index contributed by atoms with van der Waals surface area (Å²) in [6.45, 7) is 7.05. The number of benzene rings is 1. The molecule has 1 saturated carbocycles. The molecule has 0 aliphatic heterocycles. The van der Waals surface area contributed by atoms with Gasteiger partial charge in [0, 0.05) is 18.7 Å². The predicted octanol–water partition coefficient (Wildman–Crippen LogP) is 3.14. The van der Waals surface area contributed by atoms with Crippen LogP contribution in [-0.2, 0) is 0 Å². The van der Waals surface area contributed by atoms with E-state index in [1.165, 1.54) is 5.56 Å². The normalized spacial score (nSPS) is 22.1. The zero-order valence-electron chi connectivity index (χ0n) is 13.4. The molecule has 116 valence electrons. The second-order valence-electron chi connectivity index (χ2n) is 6.56. The quantitative estimate of drug-likeness (QED) is 0.894. The van der Waals surface area contributed by atoms with Crippen molar-refractivity contribution in [2.45, 2.75) is 46.5 Å². The molecule has 1 aromatic rings. The van der Waals surface area contributed by atoms with Crippen molar-refractivity contribution in [1.82, 2.24) is 5.32 Å². The Morgan fingerprint density at radius 1 is 1.19 bits per heavy atom. The average Bonchev–Trinajstić information content (AvgIpc) is 2.44. The fraction of sp³-hybridized carbons (Fsp3) is 0.611. The van der Waals surface area contributed by atoms with Crippen molar-refractivity contribution in [2.24, 2.45) is 11.8 Å². The number of aryl methyl sites for hydroxylation is 3. The van der Waals surface area contributed by atoms with Crippen molar-refractivity contribution in [3.8, 4) is 0 Å². The Bertz CT molecular complexity index is 487. The highest BCUT2D eigenvalue weighted by Gasteiger charge is 2.22. The molecule has 1 amide bonds. The van der Waals surface area contributed by atoms with Gasteiger partial charge in [-0.1, -0.05) is 24.1 Å². The van der Waals surface area contributed by atoms with Gasteiger partial charge in [0.15, 0.2) is 0 Å². The minimum absolute atomic E-state index is 0.0381. The summed E-state index contributed by atoms with van der Waals surface area (Å²) >= 11 is 0. The first-order valence-corrected chi connectivity index (χ1v) is 7.98. The van der Waals surface area contributed by atoms with Crippen LogP contribution in [-0.4, -0.2) is 24.2 Å². The number of hydrogen-bond donors (Lipinski definition) is 2. The van der Waals surface area contributed by atoms with Gasteiger partial charge in [-0.15, -0.1) is 0 Å². The summed E-state index contributed by atoms with van der Waals surface area (Å²) < 4.78 is 0. The molecule has 3 nitrogen and oxygen atoms in total. The molecular formula is C18H27NO2. The minimum atomic E-state index is 0.0381. The second kappa shape index (κ2) is 7.08. The van der Waals surface area contributed by atoms with E-state index in [9.17, 15) is 9.90 Å². The lowest BCUT2D eigenvalue weighted by atomic mass is 9.82. The maximum Gasteiger partial charge on any atom is 0.251 e. The van der Waals surface area contributed by atoms with Crippen LogP contribution < -0.4 is 5.32 Å². The third-order valence-electron chi connectivity index (χ3n) is 4.60. The highest BCUT2D eigenvalue weighted by Crippen LogP contribution is 2.28. The van der Waals surface area contributed by atoms with Crippen LogP contribution in [0.15, 0.2) is 12.1 Å². The van der Waals surface area contributed by atoms with E-state index >= 15 is 0 Å². The van der Waals surface area contributed by atoms with Crippen LogP contribution >= 0.6 is 0 Å². The average molecular weight is 289 g/mol. The van der Waals surface area contributed by atoms with E-state index in [0.29, 0.717) is 11.8 Å². The molecule has 0 saturated heterocycles. The third-order valence-corrected chi connectivity index (χ3v) is 4.60. The van der Waals surface area contributed by atoms with Gasteiger partial charge >= 0.3 is 0 Å². The number of rotatable bonds is 4. The summed E-state index contributed by atoms with van der Waals surface area (Å²) in [7, 11) is 0. The predicted molar refractivity (Wildman–Crippen MR) is 85.5 cm³/mol. The van der Waals surface area contributed by atoms with Crippen molar-refractivity contribution in [3.05, 3.63) is 34.4 Å². The van der Waals surface area contributed by atoms with E-state index in [4.69, 9.17) is 0 Å². The zero-order chi connectivity index (χ0) is 15.4. The molecule has 21 heavy (non-hydrogen) atoms. The van der Waals surface area contributed by atoms with Crippen LogP contribution in [0.25, 0.3) is 0 Å². The van der Waals surface area contributed by atoms with Gasteiger partial charge in [0.1, 0.15) is 0 Å². The number of nitrogens with one attached hydrogen (secondary N) is 1. The number of aliphatic hydroxyl groups excluding tert-OH is 1. The van der Waals surface area contributed by atoms with E-state index in [-0.39, 0.29) is 12.5 Å². The van der Waals surface area contributed by atoms with E-state index in [0.717, 1.165) is 48.9 Å². The zero-order valence-corrected chi connectivity index (χ0v) is 13.4. The third kappa shape index (κ3) is 4.07. The first-order valence-electron chi connectivity index (χ1n) is 7.98. The minimum Gasteiger partial charge on any atom is -0.396 e. The van der Waals surface area contributed by atoms with E-state index in [2.05, 4.69) is 24.4 Å². The molecule has 0 unspecified atom stereocenters. The Hall–Kier alpha value is -1.35. The van der Waals surface area contributed by atoms with Crippen molar-refractivity contribution in [2.75, 3.05) is 13.2 Å². The summed E-state index contributed by atoms with van der Waals surface area (Å²) in [5.41, 5.74) is 4.10. The summed E-state index contributed by atoms with van der Waals surface area (Å²) in [6.07, 6.45) is 4.47. The van der Waals surface area contributed by atoms with Crippen LogP contribution in [0.4, 0.5) is 0 Å². The van der Waals surface area contributed by atoms with E-state index < -0.39 is 0 Å². The molecule has 1 aromatic carbocycles. The Labute approximate surface area is 127 Å². The lowest BCUT2D eigenvalue weighted by Gasteiger charge is -2.28. The Morgan fingerprint density at radius 2 is 1.81 bits per heavy atom. The highest BCUT2D eigenvalue weighted by molar-refractivity contribution is 5.97. The lowest BCUT2D eigenvalue weighted by Crippen LogP contribution is -2.33. The number of aliphatic hydroxyl groups is 1. The van der Waals surface area contributed by atoms with Crippen molar-refractivity contribution >= 4 is 5.91 Å². The molecule has 1 aliphatic carbocycles. The van der Waals surface area contributed by atoms with E-state index in [1.54, 1.807) is 0 Å². The largest absolute Gasteiger partial charge is 0.396 e. The van der Waals surface area contributed by atoms with E-state index in [1.807, 2.05) is 13.8 Å². The van der Waals surface area contributed by atoms with Gasteiger partial charge in [0.05, 0.1) is 0 Å². The van der Waals surface area contributed by atoms with Gasteiger partial charge in [-0.3, -0.25) is 4.79 Å². The molecule has 0 aromatic heterocycles.